The van der Waals surface area contributed by atoms with Gasteiger partial charge in [0.15, 0.2) is 0 Å². The van der Waals surface area contributed by atoms with Crippen LogP contribution >= 0.6 is 34.4 Å². The fourth-order valence-electron chi connectivity index (χ4n) is 1.94. The van der Waals surface area contributed by atoms with E-state index >= 15 is 0 Å². The number of alkyl halides is 1. The molecule has 3 nitrogen and oxygen atoms in total. The van der Waals surface area contributed by atoms with E-state index in [9.17, 15) is 4.79 Å². The van der Waals surface area contributed by atoms with E-state index in [1.807, 2.05) is 23.7 Å². The van der Waals surface area contributed by atoms with Gasteiger partial charge in [0.25, 0.3) is 0 Å². The van der Waals surface area contributed by atoms with Crippen LogP contribution in [0.1, 0.15) is 48.0 Å². The average Bonchev–Trinajstić information content (AvgIpc) is 2.31. The van der Waals surface area contributed by atoms with E-state index < -0.39 is 0 Å². The Labute approximate surface area is 149 Å². The van der Waals surface area contributed by atoms with Crippen LogP contribution in [-0.2, 0) is 4.79 Å². The molecule has 0 fully saturated rings. The molecule has 1 unspecified atom stereocenters. The molecule has 1 atom stereocenters. The zero-order valence-corrected chi connectivity index (χ0v) is 17.7. The standard InChI is InChI=1S/C16H33IN2OS/c1-8-19(11-16(5,6)17)14(20)9-13(10-18-7)21-12-15(2,3)4/h13,18H,8-12H2,1-7H3. The second kappa shape index (κ2) is 9.60. The molecule has 0 aromatic rings. The van der Waals surface area contributed by atoms with Gasteiger partial charge < -0.3 is 10.2 Å². The summed E-state index contributed by atoms with van der Waals surface area (Å²) in [6.07, 6.45) is 0.627. The molecular weight excluding hydrogens is 395 g/mol. The van der Waals surface area contributed by atoms with Crippen LogP contribution in [0.2, 0.25) is 0 Å². The quantitative estimate of drug-likeness (QED) is 0.448. The number of hydrogen-bond acceptors (Lipinski definition) is 3. The Morgan fingerprint density at radius 1 is 1.29 bits per heavy atom. The Bertz CT molecular complexity index is 310. The fourth-order valence-corrected chi connectivity index (χ4v) is 3.63. The minimum atomic E-state index is 0.125. The van der Waals surface area contributed by atoms with Gasteiger partial charge in [-0.25, -0.2) is 0 Å². The summed E-state index contributed by atoms with van der Waals surface area (Å²) < 4.78 is 0.125. The van der Waals surface area contributed by atoms with E-state index in [-0.39, 0.29) is 9.33 Å². The molecular formula is C16H33IN2OS. The highest BCUT2D eigenvalue weighted by Crippen LogP contribution is 2.26. The molecule has 0 bridgehead atoms. The van der Waals surface area contributed by atoms with Crippen molar-refractivity contribution in [1.29, 1.82) is 0 Å². The van der Waals surface area contributed by atoms with Gasteiger partial charge in [0.05, 0.1) is 0 Å². The van der Waals surface area contributed by atoms with Crippen molar-refractivity contribution in [2.75, 3.05) is 32.4 Å². The highest BCUT2D eigenvalue weighted by atomic mass is 127. The summed E-state index contributed by atoms with van der Waals surface area (Å²) >= 11 is 4.33. The number of nitrogens with zero attached hydrogens (tertiary/aromatic N) is 1. The molecule has 5 heteroatoms. The van der Waals surface area contributed by atoms with Crippen LogP contribution < -0.4 is 5.32 Å². The Morgan fingerprint density at radius 3 is 2.24 bits per heavy atom. The molecule has 126 valence electrons. The number of nitrogens with one attached hydrogen (secondary N) is 1. The van der Waals surface area contributed by atoms with Crippen molar-refractivity contribution in [1.82, 2.24) is 10.2 Å². The molecule has 0 heterocycles. The molecule has 0 aliphatic heterocycles. The summed E-state index contributed by atoms with van der Waals surface area (Å²) in [5.41, 5.74) is 0.300. The second-order valence-corrected chi connectivity index (χ2v) is 11.6. The third kappa shape index (κ3) is 11.7. The molecule has 0 aliphatic rings. The van der Waals surface area contributed by atoms with Crippen LogP contribution in [0.5, 0.6) is 0 Å². The van der Waals surface area contributed by atoms with Crippen LogP contribution in [0.25, 0.3) is 0 Å². The molecule has 0 aliphatic carbocycles. The van der Waals surface area contributed by atoms with Gasteiger partial charge in [-0.05, 0) is 39.0 Å². The first-order valence-corrected chi connectivity index (χ1v) is 9.84. The Kier molecular flexibility index (Phi) is 9.84. The van der Waals surface area contributed by atoms with Crippen molar-refractivity contribution < 1.29 is 4.79 Å². The number of carbonyl (C=O) groups is 1. The summed E-state index contributed by atoms with van der Waals surface area (Å²) in [5, 5.41) is 3.58. The van der Waals surface area contributed by atoms with Gasteiger partial charge in [-0.2, -0.15) is 11.8 Å². The van der Waals surface area contributed by atoms with Gasteiger partial charge in [-0.15, -0.1) is 0 Å². The maximum absolute atomic E-state index is 12.5. The van der Waals surface area contributed by atoms with Crippen molar-refractivity contribution in [3.8, 4) is 0 Å². The molecule has 0 aromatic carbocycles. The number of thioether (sulfide) groups is 1. The van der Waals surface area contributed by atoms with Crippen LogP contribution in [0.3, 0.4) is 0 Å². The molecule has 1 amide bonds. The first kappa shape index (κ1) is 21.5. The third-order valence-corrected chi connectivity index (χ3v) is 5.07. The Balaban J connectivity index is 4.56. The van der Waals surface area contributed by atoms with E-state index in [1.54, 1.807) is 0 Å². The van der Waals surface area contributed by atoms with E-state index in [4.69, 9.17) is 0 Å². The van der Waals surface area contributed by atoms with E-state index in [0.717, 1.165) is 25.4 Å². The molecule has 0 saturated carbocycles. The van der Waals surface area contributed by atoms with Crippen LogP contribution in [-0.4, -0.2) is 51.9 Å². The maximum Gasteiger partial charge on any atom is 0.223 e. The summed E-state index contributed by atoms with van der Waals surface area (Å²) in [5.74, 6) is 1.36. The number of halogens is 1. The smallest absolute Gasteiger partial charge is 0.223 e. The minimum absolute atomic E-state index is 0.125. The number of amides is 1. The second-order valence-electron chi connectivity index (χ2n) is 7.38. The van der Waals surface area contributed by atoms with Crippen molar-refractivity contribution in [2.45, 2.75) is 56.6 Å². The first-order valence-electron chi connectivity index (χ1n) is 7.71. The van der Waals surface area contributed by atoms with Crippen LogP contribution in [0.15, 0.2) is 0 Å². The number of carbonyl (C=O) groups excluding carboxylic acids is 1. The van der Waals surface area contributed by atoms with Crippen LogP contribution in [0, 0.1) is 5.41 Å². The lowest BCUT2D eigenvalue weighted by atomic mass is 10.0. The predicted octanol–water partition coefficient (Wildman–Crippen LogP) is 3.81. The zero-order chi connectivity index (χ0) is 16.7. The molecule has 1 N–H and O–H groups in total. The average molecular weight is 428 g/mol. The van der Waals surface area contributed by atoms with Gasteiger partial charge in [-0.1, -0.05) is 43.4 Å². The normalized spacial score (nSPS) is 14.1. The molecule has 0 spiro atoms. The Hall–Kier alpha value is 0.510. The Morgan fingerprint density at radius 2 is 1.86 bits per heavy atom. The lowest BCUT2D eigenvalue weighted by Gasteiger charge is -2.30. The summed E-state index contributed by atoms with van der Waals surface area (Å²) in [4.78, 5) is 14.5. The first-order chi connectivity index (χ1) is 9.48. The van der Waals surface area contributed by atoms with Crippen LogP contribution in [0.4, 0.5) is 0 Å². The largest absolute Gasteiger partial charge is 0.342 e. The number of hydrogen-bond donors (Lipinski definition) is 1. The minimum Gasteiger partial charge on any atom is -0.342 e. The van der Waals surface area contributed by atoms with Gasteiger partial charge in [0.1, 0.15) is 0 Å². The number of rotatable bonds is 9. The molecule has 21 heavy (non-hydrogen) atoms. The zero-order valence-electron chi connectivity index (χ0n) is 14.8. The monoisotopic (exact) mass is 428 g/mol. The third-order valence-electron chi connectivity index (χ3n) is 2.89. The molecule has 0 radical (unpaired) electrons. The van der Waals surface area contributed by atoms with Crippen molar-refractivity contribution >= 4 is 40.3 Å². The van der Waals surface area contributed by atoms with E-state index in [0.29, 0.717) is 17.1 Å². The van der Waals surface area contributed by atoms with Gasteiger partial charge in [-0.3, -0.25) is 4.79 Å². The highest BCUT2D eigenvalue weighted by Gasteiger charge is 2.24. The van der Waals surface area contributed by atoms with Gasteiger partial charge in [0, 0.05) is 34.7 Å². The highest BCUT2D eigenvalue weighted by molar-refractivity contribution is 14.1. The summed E-state index contributed by atoms with van der Waals surface area (Å²) in [6.45, 7) is 15.6. The SMILES string of the molecule is CCN(CC(C)(C)I)C(=O)CC(CNC)SCC(C)(C)C. The summed E-state index contributed by atoms with van der Waals surface area (Å²) in [7, 11) is 1.96. The van der Waals surface area contributed by atoms with Crippen molar-refractivity contribution in [3.63, 3.8) is 0 Å². The van der Waals surface area contributed by atoms with Gasteiger partial charge >= 0.3 is 0 Å². The molecule has 0 saturated heterocycles. The maximum atomic E-state index is 12.5. The van der Waals surface area contributed by atoms with Crippen molar-refractivity contribution in [3.05, 3.63) is 0 Å². The van der Waals surface area contributed by atoms with Gasteiger partial charge in [0.2, 0.25) is 5.91 Å². The van der Waals surface area contributed by atoms with E-state index in [2.05, 4.69) is 69.5 Å². The lowest BCUT2D eigenvalue weighted by molar-refractivity contribution is -0.131. The molecule has 0 rings (SSSR count). The predicted molar refractivity (Wildman–Crippen MR) is 105 cm³/mol. The summed E-state index contributed by atoms with van der Waals surface area (Å²) in [6, 6.07) is 0. The lowest BCUT2D eigenvalue weighted by Crippen LogP contribution is -2.41. The van der Waals surface area contributed by atoms with Crippen molar-refractivity contribution in [2.24, 2.45) is 5.41 Å². The topological polar surface area (TPSA) is 32.3 Å². The van der Waals surface area contributed by atoms with E-state index in [1.165, 1.54) is 0 Å². The molecule has 0 aromatic heterocycles. The fraction of sp³-hybridized carbons (Fsp3) is 0.938.